The summed E-state index contributed by atoms with van der Waals surface area (Å²) in [7, 11) is 0.619. The van der Waals surface area contributed by atoms with Crippen LogP contribution in [0.15, 0.2) is 42.5 Å². The Morgan fingerprint density at radius 2 is 1.80 bits per heavy atom. The van der Waals surface area contributed by atoms with Crippen LogP contribution in [0.2, 0.25) is 18.6 Å². The number of carbonyl (C=O) groups excluding carboxylic acids is 4. The molecule has 1 spiro atoms. The van der Waals surface area contributed by atoms with Crippen molar-refractivity contribution in [2.75, 3.05) is 37.2 Å². The Hall–Kier alpha value is -3.74. The fourth-order valence-corrected chi connectivity index (χ4v) is 11.8. The average molecular weight is 653 g/mol. The number of anilines is 2. The number of aliphatic hydroxyl groups excluding tert-OH is 1. The normalized spacial score (nSPS) is 25.5. The Kier molecular flexibility index (Phi) is 9.62. The van der Waals surface area contributed by atoms with Crippen molar-refractivity contribution in [1.29, 1.82) is 0 Å². The monoisotopic (exact) mass is 652 g/mol. The first-order valence-electron chi connectivity index (χ1n) is 15.9. The number of β-lactam (4-membered cyclic amide) rings is 1. The van der Waals surface area contributed by atoms with Gasteiger partial charge in [0.2, 0.25) is 5.91 Å². The average Bonchev–Trinajstić information content (AvgIpc) is 3.45. The van der Waals surface area contributed by atoms with Crippen molar-refractivity contribution in [1.82, 2.24) is 0 Å². The number of hydrogen-bond acceptors (Lipinski definition) is 9. The van der Waals surface area contributed by atoms with Gasteiger partial charge in [0.1, 0.15) is 5.75 Å². The van der Waals surface area contributed by atoms with Gasteiger partial charge in [-0.05, 0) is 55.1 Å². The third-order valence-corrected chi connectivity index (χ3v) is 14.3. The minimum absolute atomic E-state index is 0.0489. The van der Waals surface area contributed by atoms with Crippen LogP contribution >= 0.6 is 0 Å². The number of hydrogen-bond donors (Lipinski definition) is 1. The van der Waals surface area contributed by atoms with E-state index in [2.05, 4.69) is 32.2 Å². The Morgan fingerprint density at radius 1 is 1.09 bits per heavy atom. The lowest BCUT2D eigenvalue weighted by Gasteiger charge is -2.39. The van der Waals surface area contributed by atoms with Crippen LogP contribution in [0.3, 0.4) is 0 Å². The van der Waals surface area contributed by atoms with Gasteiger partial charge in [-0.25, -0.2) is 0 Å². The number of esters is 2. The number of unbranched alkanes of at least 4 members (excludes halogenated alkanes) is 1. The molecule has 11 nitrogen and oxygen atoms in total. The fourth-order valence-electron chi connectivity index (χ4n) is 7.70. The van der Waals surface area contributed by atoms with E-state index in [0.717, 1.165) is 5.75 Å². The van der Waals surface area contributed by atoms with Gasteiger partial charge in [-0.3, -0.25) is 24.1 Å². The second-order valence-corrected chi connectivity index (χ2v) is 17.6. The van der Waals surface area contributed by atoms with Gasteiger partial charge >= 0.3 is 11.9 Å². The molecule has 0 aromatic heterocycles. The third-order valence-electron chi connectivity index (χ3n) is 9.96. The van der Waals surface area contributed by atoms with Crippen LogP contribution in [0, 0.1) is 5.92 Å². The first kappa shape index (κ1) is 33.6. The summed E-state index contributed by atoms with van der Waals surface area (Å²) in [6.07, 6.45) is 0.700. The van der Waals surface area contributed by atoms with Crippen LogP contribution in [-0.2, 0) is 39.0 Å². The van der Waals surface area contributed by atoms with E-state index in [1.54, 1.807) is 18.1 Å². The molecule has 2 fully saturated rings. The van der Waals surface area contributed by atoms with Gasteiger partial charge in [-0.1, -0.05) is 37.3 Å². The van der Waals surface area contributed by atoms with E-state index in [1.807, 2.05) is 24.3 Å². The zero-order chi connectivity index (χ0) is 33.4. The number of nitrogens with zero attached hydrogens (tertiary/aromatic N) is 2. The number of fused-ring (bicyclic) bond motifs is 2. The minimum Gasteiger partial charge on any atom is -0.497 e. The molecule has 3 aliphatic rings. The maximum atomic E-state index is 14.8. The molecular formula is C34H44N2O9Si. The molecule has 3 heterocycles. The summed E-state index contributed by atoms with van der Waals surface area (Å²) >= 11 is 0. The molecule has 46 heavy (non-hydrogen) atoms. The molecule has 3 aliphatic heterocycles. The van der Waals surface area contributed by atoms with E-state index in [-0.39, 0.29) is 48.7 Å². The van der Waals surface area contributed by atoms with Crippen molar-refractivity contribution in [2.45, 2.75) is 82.5 Å². The van der Waals surface area contributed by atoms with Gasteiger partial charge in [0.25, 0.3) is 5.91 Å². The van der Waals surface area contributed by atoms with Crippen molar-refractivity contribution >= 4 is 48.4 Å². The molecule has 0 radical (unpaired) electrons. The highest BCUT2D eigenvalue weighted by atomic mass is 28.3. The smallest absolute Gasteiger partial charge is 0.305 e. The summed E-state index contributed by atoms with van der Waals surface area (Å²) < 4.78 is 22.5. The van der Waals surface area contributed by atoms with Gasteiger partial charge in [0.15, 0.2) is 11.8 Å². The Balaban J connectivity index is 1.58. The standard InChI is InChI=1S/C34H44N2O9Si/c1-21-32(46(5,6)25-13-11-24(42-3)12-14-25)28(16-18-37)45-34(21)26-19-23(36-29(39)20-30(36)44-22(2)38)10-15-27(26)35(33(34)41)17-8-7-9-31(40)43-4/h10-15,19,21,28,30,32,37H,7-9,16-18,20H2,1-6H3/t21-,28+,30?,32-,34+/m0/s1. The summed E-state index contributed by atoms with van der Waals surface area (Å²) in [5, 5.41) is 11.4. The van der Waals surface area contributed by atoms with Gasteiger partial charge in [0.05, 0.1) is 40.5 Å². The predicted octanol–water partition coefficient (Wildman–Crippen LogP) is 3.61. The first-order valence-corrected chi connectivity index (χ1v) is 18.9. The molecule has 1 unspecified atom stereocenters. The van der Waals surface area contributed by atoms with E-state index >= 15 is 0 Å². The summed E-state index contributed by atoms with van der Waals surface area (Å²) in [6, 6.07) is 13.5. The van der Waals surface area contributed by atoms with Crippen molar-refractivity contribution < 1.29 is 43.2 Å². The quantitative estimate of drug-likeness (QED) is 0.158. The fraction of sp³-hybridized carbons (Fsp3) is 0.529. The van der Waals surface area contributed by atoms with Crippen molar-refractivity contribution in [3.05, 3.63) is 48.0 Å². The number of amides is 2. The Bertz CT molecular complexity index is 1500. The summed E-state index contributed by atoms with van der Waals surface area (Å²) in [4.78, 5) is 54.2. The Labute approximate surface area is 270 Å². The zero-order valence-electron chi connectivity index (χ0n) is 27.4. The number of aliphatic hydroxyl groups is 1. The van der Waals surface area contributed by atoms with Crippen molar-refractivity contribution in [3.8, 4) is 5.75 Å². The molecule has 0 aliphatic carbocycles. The molecule has 2 aromatic rings. The SMILES string of the molecule is COC(=O)CCCCN1C(=O)[C@]2(O[C@H](CCO)[C@@H]([Si](C)(C)c3ccc(OC)cc3)[C@@H]2C)c2cc(N3C(=O)CC3OC(C)=O)ccc21. The van der Waals surface area contributed by atoms with E-state index < -0.39 is 32.0 Å². The van der Waals surface area contributed by atoms with Gasteiger partial charge in [-0.15, -0.1) is 0 Å². The molecule has 2 amide bonds. The summed E-state index contributed by atoms with van der Waals surface area (Å²) in [5.74, 6) is -0.692. The van der Waals surface area contributed by atoms with Crippen LogP contribution in [0.4, 0.5) is 11.4 Å². The highest BCUT2D eigenvalue weighted by molar-refractivity contribution is 6.91. The highest BCUT2D eigenvalue weighted by Gasteiger charge is 2.66. The van der Waals surface area contributed by atoms with Crippen LogP contribution in [0.25, 0.3) is 0 Å². The zero-order valence-corrected chi connectivity index (χ0v) is 28.4. The first-order chi connectivity index (χ1) is 21.9. The van der Waals surface area contributed by atoms with Crippen LogP contribution < -0.4 is 19.7 Å². The van der Waals surface area contributed by atoms with Gasteiger partial charge in [-0.2, -0.15) is 0 Å². The van der Waals surface area contributed by atoms with Gasteiger partial charge < -0.3 is 29.0 Å². The summed E-state index contributed by atoms with van der Waals surface area (Å²) in [6.45, 7) is 8.18. The molecule has 2 saturated heterocycles. The molecular weight excluding hydrogens is 608 g/mol. The maximum Gasteiger partial charge on any atom is 0.305 e. The third kappa shape index (κ3) is 5.71. The Morgan fingerprint density at radius 3 is 2.41 bits per heavy atom. The maximum absolute atomic E-state index is 14.8. The molecule has 5 rings (SSSR count). The van der Waals surface area contributed by atoms with E-state index in [0.29, 0.717) is 42.7 Å². The number of methoxy groups -OCH3 is 2. The topological polar surface area (TPSA) is 132 Å². The minimum atomic E-state index is -2.37. The largest absolute Gasteiger partial charge is 0.497 e. The highest BCUT2D eigenvalue weighted by Crippen LogP contribution is 2.60. The van der Waals surface area contributed by atoms with Crippen molar-refractivity contribution in [3.63, 3.8) is 0 Å². The number of benzene rings is 2. The lowest BCUT2D eigenvalue weighted by molar-refractivity contribution is -0.154. The lowest BCUT2D eigenvalue weighted by Crippen LogP contribution is -2.55. The lowest BCUT2D eigenvalue weighted by atomic mass is 9.82. The van der Waals surface area contributed by atoms with Crippen LogP contribution in [0.1, 0.15) is 51.5 Å². The molecule has 1 N–H and O–H groups in total. The number of carbonyl (C=O) groups is 4. The van der Waals surface area contributed by atoms with Crippen molar-refractivity contribution in [2.24, 2.45) is 5.92 Å². The molecule has 248 valence electrons. The van der Waals surface area contributed by atoms with E-state index in [9.17, 15) is 24.3 Å². The van der Waals surface area contributed by atoms with Crippen LogP contribution in [0.5, 0.6) is 5.75 Å². The van der Waals surface area contributed by atoms with Crippen LogP contribution in [-0.4, -0.2) is 76.6 Å². The molecule has 0 bridgehead atoms. The number of rotatable bonds is 12. The van der Waals surface area contributed by atoms with Gasteiger partial charge in [0, 0.05) is 43.7 Å². The molecule has 12 heteroatoms. The number of ether oxygens (including phenoxy) is 4. The molecule has 0 saturated carbocycles. The molecule has 5 atom stereocenters. The van der Waals surface area contributed by atoms with E-state index in [1.165, 1.54) is 24.1 Å². The van der Waals surface area contributed by atoms with E-state index in [4.69, 9.17) is 18.9 Å². The summed E-state index contributed by atoms with van der Waals surface area (Å²) in [5.41, 5.74) is 0.447. The molecule has 2 aromatic carbocycles. The second kappa shape index (κ2) is 13.2. The predicted molar refractivity (Wildman–Crippen MR) is 174 cm³/mol. The second-order valence-electron chi connectivity index (χ2n) is 12.9.